The Morgan fingerprint density at radius 2 is 1.93 bits per heavy atom. The Morgan fingerprint density at radius 3 is 2.70 bits per heavy atom. The molecule has 4 rings (SSSR count). The van der Waals surface area contributed by atoms with Crippen LogP contribution >= 0.6 is 11.8 Å². The fourth-order valence-corrected chi connectivity index (χ4v) is 4.13. The smallest absolute Gasteiger partial charge is 0.237 e. The number of carbonyl (C=O) groups is 1. The lowest BCUT2D eigenvalue weighted by Crippen LogP contribution is -2.37. The molecular weight excluding hydrogens is 358 g/mol. The molecule has 6 nitrogen and oxygen atoms in total. The molecule has 2 N–H and O–H groups in total. The summed E-state index contributed by atoms with van der Waals surface area (Å²) < 4.78 is 1.45. The molecule has 0 unspecified atom stereocenters. The Hall–Kier alpha value is -2.80. The van der Waals surface area contributed by atoms with Crippen molar-refractivity contribution in [1.29, 1.82) is 0 Å². The molecule has 7 heteroatoms. The number of nitrogen functional groups attached to an aromatic ring is 1. The molecular formula is C20H21N5OS. The number of nitrogens with two attached hydrogens (primary N) is 1. The summed E-state index contributed by atoms with van der Waals surface area (Å²) in [6.45, 7) is 4.10. The molecule has 138 valence electrons. The van der Waals surface area contributed by atoms with Crippen LogP contribution in [-0.2, 0) is 11.2 Å². The van der Waals surface area contributed by atoms with Gasteiger partial charge in [0.05, 0.1) is 5.75 Å². The second-order valence-corrected chi connectivity index (χ2v) is 7.72. The zero-order chi connectivity index (χ0) is 19.0. The van der Waals surface area contributed by atoms with Crippen LogP contribution in [0.1, 0.15) is 18.1 Å². The molecule has 0 bridgehead atoms. The second-order valence-electron chi connectivity index (χ2n) is 6.78. The van der Waals surface area contributed by atoms with E-state index in [9.17, 15) is 4.79 Å². The fraction of sp³-hybridized carbons (Fsp3) is 0.250. The van der Waals surface area contributed by atoms with E-state index >= 15 is 0 Å². The van der Waals surface area contributed by atoms with E-state index in [0.29, 0.717) is 11.0 Å². The van der Waals surface area contributed by atoms with Crippen LogP contribution in [0.2, 0.25) is 0 Å². The van der Waals surface area contributed by atoms with Crippen molar-refractivity contribution in [2.24, 2.45) is 0 Å². The van der Waals surface area contributed by atoms with Crippen LogP contribution in [0.4, 0.5) is 5.69 Å². The minimum absolute atomic E-state index is 0.0531. The molecule has 0 saturated carbocycles. The Bertz CT molecular complexity index is 982. The maximum Gasteiger partial charge on any atom is 0.237 e. The number of rotatable bonds is 4. The number of aryl methyl sites for hydroxylation is 1. The van der Waals surface area contributed by atoms with Crippen LogP contribution in [0, 0.1) is 6.92 Å². The lowest BCUT2D eigenvalue weighted by molar-refractivity contribution is -0.116. The molecule has 3 aromatic rings. The van der Waals surface area contributed by atoms with Gasteiger partial charge in [-0.05, 0) is 31.9 Å². The summed E-state index contributed by atoms with van der Waals surface area (Å²) >= 11 is 1.31. The largest absolute Gasteiger partial charge is 0.335 e. The van der Waals surface area contributed by atoms with Gasteiger partial charge in [-0.15, -0.1) is 10.2 Å². The number of anilines is 1. The maximum absolute atomic E-state index is 12.8. The molecule has 0 saturated heterocycles. The first-order valence-corrected chi connectivity index (χ1v) is 9.83. The van der Waals surface area contributed by atoms with E-state index in [1.54, 1.807) is 0 Å². The molecule has 1 aliphatic rings. The van der Waals surface area contributed by atoms with E-state index in [4.69, 9.17) is 5.84 Å². The Balaban J connectivity index is 1.48. The van der Waals surface area contributed by atoms with Gasteiger partial charge in [0.2, 0.25) is 11.1 Å². The molecule has 1 amide bonds. The third-order valence-corrected chi connectivity index (χ3v) is 5.70. The first-order valence-electron chi connectivity index (χ1n) is 8.85. The molecule has 1 aliphatic heterocycles. The van der Waals surface area contributed by atoms with Crippen LogP contribution in [0.15, 0.2) is 53.7 Å². The highest BCUT2D eigenvalue weighted by molar-refractivity contribution is 7.99. The molecule has 0 radical (unpaired) electrons. The number of benzene rings is 2. The van der Waals surface area contributed by atoms with Crippen molar-refractivity contribution < 1.29 is 4.79 Å². The zero-order valence-corrected chi connectivity index (χ0v) is 16.1. The normalized spacial score (nSPS) is 15.8. The standard InChI is InChI=1S/C20H21N5OS/c1-13-7-9-15(10-8-13)19-22-23-20(25(19)21)27-12-18(26)24-14(2)11-16-5-3-4-6-17(16)24/h3-10,14H,11-12,21H2,1-2H3/t14-/m1/s1. The Morgan fingerprint density at radius 1 is 1.19 bits per heavy atom. The highest BCUT2D eigenvalue weighted by atomic mass is 32.2. The Labute approximate surface area is 162 Å². The van der Waals surface area contributed by atoms with E-state index in [0.717, 1.165) is 17.7 Å². The second kappa shape index (κ2) is 7.08. The van der Waals surface area contributed by atoms with Gasteiger partial charge in [0, 0.05) is 17.3 Å². The molecule has 27 heavy (non-hydrogen) atoms. The summed E-state index contributed by atoms with van der Waals surface area (Å²) in [4.78, 5) is 14.7. The van der Waals surface area contributed by atoms with E-state index in [1.165, 1.54) is 27.6 Å². The molecule has 2 aromatic carbocycles. The lowest BCUT2D eigenvalue weighted by Gasteiger charge is -2.22. The summed E-state index contributed by atoms with van der Waals surface area (Å²) in [5, 5.41) is 8.87. The fourth-order valence-electron chi connectivity index (χ4n) is 3.42. The van der Waals surface area contributed by atoms with Gasteiger partial charge in [0.25, 0.3) is 0 Å². The van der Waals surface area contributed by atoms with Crippen molar-refractivity contribution in [3.8, 4) is 11.4 Å². The molecule has 1 atom stereocenters. The molecule has 0 fully saturated rings. The predicted octanol–water partition coefficient (Wildman–Crippen LogP) is 3.04. The number of amides is 1. The van der Waals surface area contributed by atoms with Crippen LogP contribution in [0.5, 0.6) is 0 Å². The van der Waals surface area contributed by atoms with Crippen LogP contribution in [-0.4, -0.2) is 32.6 Å². The average molecular weight is 379 g/mol. The molecule has 0 spiro atoms. The van der Waals surface area contributed by atoms with Crippen LogP contribution < -0.4 is 10.7 Å². The van der Waals surface area contributed by atoms with Crippen molar-refractivity contribution in [3.05, 3.63) is 59.7 Å². The number of aromatic nitrogens is 3. The van der Waals surface area contributed by atoms with Crippen molar-refractivity contribution in [2.75, 3.05) is 16.5 Å². The van der Waals surface area contributed by atoms with Crippen molar-refractivity contribution >= 4 is 23.4 Å². The number of para-hydroxylation sites is 1. The van der Waals surface area contributed by atoms with Crippen LogP contribution in [0.25, 0.3) is 11.4 Å². The van der Waals surface area contributed by atoms with Crippen molar-refractivity contribution in [3.63, 3.8) is 0 Å². The summed E-state index contributed by atoms with van der Waals surface area (Å²) in [5.41, 5.74) is 4.29. The first kappa shape index (κ1) is 17.6. The van der Waals surface area contributed by atoms with Gasteiger partial charge in [-0.2, -0.15) is 0 Å². The number of thioether (sulfide) groups is 1. The number of hydrogen-bond acceptors (Lipinski definition) is 5. The number of fused-ring (bicyclic) bond motifs is 1. The van der Waals surface area contributed by atoms with E-state index in [-0.39, 0.29) is 17.7 Å². The number of hydrogen-bond donors (Lipinski definition) is 1. The average Bonchev–Trinajstić information content (AvgIpc) is 3.19. The number of carbonyl (C=O) groups excluding carboxylic acids is 1. The third-order valence-electron chi connectivity index (χ3n) is 4.77. The van der Waals surface area contributed by atoms with E-state index < -0.39 is 0 Å². The predicted molar refractivity (Wildman–Crippen MR) is 108 cm³/mol. The Kier molecular flexibility index (Phi) is 4.61. The summed E-state index contributed by atoms with van der Waals surface area (Å²) in [7, 11) is 0. The quantitative estimate of drug-likeness (QED) is 0.557. The highest BCUT2D eigenvalue weighted by Crippen LogP contribution is 2.32. The molecule has 2 heterocycles. The third kappa shape index (κ3) is 3.30. The minimum atomic E-state index is 0.0531. The monoisotopic (exact) mass is 379 g/mol. The summed E-state index contributed by atoms with van der Waals surface area (Å²) in [5.74, 6) is 7.07. The van der Waals surface area contributed by atoms with Crippen LogP contribution in [0.3, 0.4) is 0 Å². The first-order chi connectivity index (χ1) is 13.0. The zero-order valence-electron chi connectivity index (χ0n) is 15.3. The van der Waals surface area contributed by atoms with Gasteiger partial charge >= 0.3 is 0 Å². The minimum Gasteiger partial charge on any atom is -0.335 e. The van der Waals surface area contributed by atoms with E-state index in [1.807, 2.05) is 54.3 Å². The summed E-state index contributed by atoms with van der Waals surface area (Å²) in [6.07, 6.45) is 0.886. The van der Waals surface area contributed by atoms with Gasteiger partial charge in [0.15, 0.2) is 5.82 Å². The van der Waals surface area contributed by atoms with Crippen molar-refractivity contribution in [2.45, 2.75) is 31.5 Å². The SMILES string of the molecule is Cc1ccc(-c2nnc(SCC(=O)N3c4ccccc4C[C@H]3C)n2N)cc1. The van der Waals surface area contributed by atoms with Crippen molar-refractivity contribution in [1.82, 2.24) is 14.9 Å². The van der Waals surface area contributed by atoms with E-state index in [2.05, 4.69) is 23.2 Å². The highest BCUT2D eigenvalue weighted by Gasteiger charge is 2.30. The van der Waals surface area contributed by atoms with Gasteiger partial charge in [0.1, 0.15) is 0 Å². The maximum atomic E-state index is 12.8. The number of nitrogens with zero attached hydrogens (tertiary/aromatic N) is 4. The lowest BCUT2D eigenvalue weighted by atomic mass is 10.1. The van der Waals surface area contributed by atoms with Gasteiger partial charge < -0.3 is 10.7 Å². The van der Waals surface area contributed by atoms with Gasteiger partial charge in [-0.3, -0.25) is 4.79 Å². The summed E-state index contributed by atoms with van der Waals surface area (Å²) in [6, 6.07) is 16.2. The van der Waals surface area contributed by atoms with Gasteiger partial charge in [-0.1, -0.05) is 59.8 Å². The van der Waals surface area contributed by atoms with Gasteiger partial charge in [-0.25, -0.2) is 4.68 Å². The molecule has 0 aliphatic carbocycles. The topological polar surface area (TPSA) is 77.0 Å². The molecule has 1 aromatic heterocycles.